The van der Waals surface area contributed by atoms with Gasteiger partial charge in [-0.1, -0.05) is 51.3 Å². The van der Waals surface area contributed by atoms with Crippen molar-refractivity contribution < 1.29 is 18.3 Å². The van der Waals surface area contributed by atoms with E-state index in [0.29, 0.717) is 17.2 Å². The highest BCUT2D eigenvalue weighted by Gasteiger charge is 2.25. The lowest BCUT2D eigenvalue weighted by Crippen LogP contribution is -2.14. The number of rotatable bonds is 6. The molecule has 0 spiro atoms. The van der Waals surface area contributed by atoms with E-state index in [4.69, 9.17) is 4.74 Å². The van der Waals surface area contributed by atoms with Crippen LogP contribution < -0.4 is 4.74 Å². The van der Waals surface area contributed by atoms with Crippen molar-refractivity contribution in [1.29, 1.82) is 0 Å². The second kappa shape index (κ2) is 9.13. The van der Waals surface area contributed by atoms with Gasteiger partial charge in [0.1, 0.15) is 17.4 Å². The maximum atomic E-state index is 14.8. The van der Waals surface area contributed by atoms with Gasteiger partial charge in [-0.3, -0.25) is 0 Å². The van der Waals surface area contributed by atoms with Crippen LogP contribution in [-0.4, -0.2) is 5.97 Å². The smallest absolute Gasteiger partial charge is 0.335 e. The van der Waals surface area contributed by atoms with Crippen LogP contribution in [0.3, 0.4) is 0 Å². The number of carbonyl (C=O) groups excluding carboxylic acids is 1. The second-order valence-corrected chi connectivity index (χ2v) is 7.53. The monoisotopic (exact) mass is 384 g/mol. The fourth-order valence-corrected chi connectivity index (χ4v) is 4.22. The summed E-state index contributed by atoms with van der Waals surface area (Å²) in [7, 11) is 0. The number of halogens is 2. The number of esters is 1. The number of hydrogen-bond acceptors (Lipinski definition) is 2. The van der Waals surface area contributed by atoms with Crippen molar-refractivity contribution in [3.05, 3.63) is 66.3 Å². The molecule has 148 valence electrons. The molecule has 0 heterocycles. The summed E-state index contributed by atoms with van der Waals surface area (Å²) in [5, 5.41) is 0. The highest BCUT2D eigenvalue weighted by atomic mass is 19.1. The van der Waals surface area contributed by atoms with E-state index in [1.54, 1.807) is 12.1 Å². The lowest BCUT2D eigenvalue weighted by Gasteiger charge is -2.29. The summed E-state index contributed by atoms with van der Waals surface area (Å²) in [5.41, 5.74) is 1.12. The minimum absolute atomic E-state index is 0.0498. The SMILES string of the molecule is C=CC(=O)Oc1ccc(-c2c(F)cc(C3CCCC(CCC)C3)cc2F)cc1. The van der Waals surface area contributed by atoms with Gasteiger partial charge in [-0.05, 0) is 60.1 Å². The maximum Gasteiger partial charge on any atom is 0.335 e. The summed E-state index contributed by atoms with van der Waals surface area (Å²) in [4.78, 5) is 11.2. The summed E-state index contributed by atoms with van der Waals surface area (Å²) < 4.78 is 34.6. The van der Waals surface area contributed by atoms with Crippen LogP contribution in [0.25, 0.3) is 11.1 Å². The van der Waals surface area contributed by atoms with Crippen molar-refractivity contribution in [1.82, 2.24) is 0 Å². The van der Waals surface area contributed by atoms with Gasteiger partial charge in [0.25, 0.3) is 0 Å². The number of hydrogen-bond donors (Lipinski definition) is 0. The lowest BCUT2D eigenvalue weighted by atomic mass is 9.76. The standard InChI is InChI=1S/C24H26F2O2/c1-3-6-16-7-5-8-18(13-16)19-14-21(25)24(22(26)15-19)17-9-11-20(12-10-17)28-23(27)4-2/h4,9-12,14-16,18H,2-3,5-8,13H2,1H3. The van der Waals surface area contributed by atoms with Crippen molar-refractivity contribution >= 4 is 5.97 Å². The van der Waals surface area contributed by atoms with E-state index in [-0.39, 0.29) is 11.5 Å². The zero-order valence-electron chi connectivity index (χ0n) is 16.2. The van der Waals surface area contributed by atoms with Gasteiger partial charge < -0.3 is 4.74 Å². The number of carbonyl (C=O) groups is 1. The molecule has 0 aromatic heterocycles. The fraction of sp³-hybridized carbons (Fsp3) is 0.375. The van der Waals surface area contributed by atoms with E-state index in [1.807, 2.05) is 0 Å². The van der Waals surface area contributed by atoms with Gasteiger partial charge in [-0.2, -0.15) is 0 Å². The molecule has 0 saturated heterocycles. The number of benzene rings is 2. The first-order chi connectivity index (χ1) is 13.5. The Morgan fingerprint density at radius 3 is 2.46 bits per heavy atom. The van der Waals surface area contributed by atoms with Crippen LogP contribution in [0.4, 0.5) is 8.78 Å². The Hall–Kier alpha value is -2.49. The molecule has 0 bridgehead atoms. The van der Waals surface area contributed by atoms with Crippen LogP contribution in [0.5, 0.6) is 5.75 Å². The van der Waals surface area contributed by atoms with Crippen LogP contribution in [0, 0.1) is 17.6 Å². The summed E-state index contributed by atoms with van der Waals surface area (Å²) in [6, 6.07) is 9.10. The van der Waals surface area contributed by atoms with Crippen LogP contribution in [0.15, 0.2) is 49.1 Å². The summed E-state index contributed by atoms with van der Waals surface area (Å²) in [6.07, 6.45) is 7.72. The maximum absolute atomic E-state index is 14.8. The largest absolute Gasteiger partial charge is 0.423 e. The van der Waals surface area contributed by atoms with Gasteiger partial charge in [-0.15, -0.1) is 0 Å². The Labute approximate surface area is 165 Å². The molecular weight excluding hydrogens is 358 g/mol. The van der Waals surface area contributed by atoms with Crippen LogP contribution >= 0.6 is 0 Å². The molecule has 0 N–H and O–H groups in total. The summed E-state index contributed by atoms with van der Waals surface area (Å²) in [5.74, 6) is -0.505. The average Bonchev–Trinajstić information content (AvgIpc) is 2.69. The van der Waals surface area contributed by atoms with E-state index in [1.165, 1.54) is 37.1 Å². The molecule has 1 saturated carbocycles. The number of ether oxygens (including phenoxy) is 1. The Morgan fingerprint density at radius 2 is 1.86 bits per heavy atom. The van der Waals surface area contributed by atoms with Crippen molar-refractivity contribution in [3.63, 3.8) is 0 Å². The Morgan fingerprint density at radius 1 is 1.18 bits per heavy atom. The van der Waals surface area contributed by atoms with Crippen LogP contribution in [-0.2, 0) is 4.79 Å². The van der Waals surface area contributed by atoms with E-state index >= 15 is 0 Å². The quantitative estimate of drug-likeness (QED) is 0.311. The van der Waals surface area contributed by atoms with Crippen molar-refractivity contribution in [2.24, 2.45) is 5.92 Å². The second-order valence-electron chi connectivity index (χ2n) is 7.53. The highest BCUT2D eigenvalue weighted by molar-refractivity contribution is 5.83. The zero-order chi connectivity index (χ0) is 20.1. The first-order valence-corrected chi connectivity index (χ1v) is 9.95. The first kappa shape index (κ1) is 20.2. The van der Waals surface area contributed by atoms with Crippen LogP contribution in [0.1, 0.15) is 56.9 Å². The van der Waals surface area contributed by atoms with Crippen molar-refractivity contribution in [3.8, 4) is 16.9 Å². The highest BCUT2D eigenvalue weighted by Crippen LogP contribution is 2.40. The molecular formula is C24H26F2O2. The molecule has 1 aliphatic rings. The van der Waals surface area contributed by atoms with Gasteiger partial charge in [0.2, 0.25) is 0 Å². The van der Waals surface area contributed by atoms with Crippen LogP contribution in [0.2, 0.25) is 0 Å². The van der Waals surface area contributed by atoms with Crippen molar-refractivity contribution in [2.75, 3.05) is 0 Å². The molecule has 28 heavy (non-hydrogen) atoms. The van der Waals surface area contributed by atoms with Gasteiger partial charge in [0, 0.05) is 6.08 Å². The molecule has 0 aliphatic heterocycles. The summed E-state index contributed by atoms with van der Waals surface area (Å²) in [6.45, 7) is 5.51. The first-order valence-electron chi connectivity index (χ1n) is 9.95. The van der Waals surface area contributed by atoms with Gasteiger partial charge in [-0.25, -0.2) is 13.6 Å². The molecule has 3 rings (SSSR count). The minimum Gasteiger partial charge on any atom is -0.423 e. The minimum atomic E-state index is -0.580. The predicted octanol–water partition coefficient (Wildman–Crippen LogP) is 6.80. The topological polar surface area (TPSA) is 26.3 Å². The van der Waals surface area contributed by atoms with E-state index in [9.17, 15) is 13.6 Å². The third-order valence-electron chi connectivity index (χ3n) is 5.54. The normalized spacial score (nSPS) is 19.2. The van der Waals surface area contributed by atoms with Gasteiger partial charge in [0.05, 0.1) is 5.56 Å². The van der Waals surface area contributed by atoms with E-state index < -0.39 is 17.6 Å². The Balaban J connectivity index is 1.82. The molecule has 2 unspecified atom stereocenters. The zero-order valence-corrected chi connectivity index (χ0v) is 16.2. The molecule has 2 atom stereocenters. The molecule has 2 nitrogen and oxygen atoms in total. The van der Waals surface area contributed by atoms with E-state index in [2.05, 4.69) is 13.5 Å². The predicted molar refractivity (Wildman–Crippen MR) is 107 cm³/mol. The lowest BCUT2D eigenvalue weighted by molar-refractivity contribution is -0.128. The van der Waals surface area contributed by atoms with E-state index in [0.717, 1.165) is 37.3 Å². The van der Waals surface area contributed by atoms with Crippen molar-refractivity contribution in [2.45, 2.75) is 51.4 Å². The molecule has 0 radical (unpaired) electrons. The average molecular weight is 384 g/mol. The molecule has 0 amide bonds. The molecule has 4 heteroatoms. The fourth-order valence-electron chi connectivity index (χ4n) is 4.22. The molecule has 1 aliphatic carbocycles. The van der Waals surface area contributed by atoms with Gasteiger partial charge >= 0.3 is 5.97 Å². The third-order valence-corrected chi connectivity index (χ3v) is 5.54. The molecule has 2 aromatic rings. The van der Waals surface area contributed by atoms with Gasteiger partial charge in [0.15, 0.2) is 0 Å². The summed E-state index contributed by atoms with van der Waals surface area (Å²) >= 11 is 0. The third kappa shape index (κ3) is 4.67. The Bertz CT molecular complexity index is 817. The Kier molecular flexibility index (Phi) is 6.61. The molecule has 2 aromatic carbocycles. The molecule has 1 fully saturated rings.